The Hall–Kier alpha value is -2.78. The number of aromatic nitrogens is 2. The summed E-state index contributed by atoms with van der Waals surface area (Å²) in [5, 5.41) is 19.7. The Morgan fingerprint density at radius 1 is 1.19 bits per heavy atom. The van der Waals surface area contributed by atoms with Crippen LogP contribution >= 0.6 is 32.5 Å². The topological polar surface area (TPSA) is 94.9 Å². The van der Waals surface area contributed by atoms with Crippen molar-refractivity contribution in [1.82, 2.24) is 9.36 Å². The Bertz CT molecular complexity index is 1090. The van der Waals surface area contributed by atoms with Crippen molar-refractivity contribution in [3.8, 4) is 29.1 Å². The Morgan fingerprint density at radius 3 is 2.50 bits per heavy atom. The molecule has 0 amide bonds. The largest absolute Gasteiger partial charge is 0.477 e. The number of nitriles is 2. The fraction of sp³-hybridized carbons (Fsp3) is 0.118. The van der Waals surface area contributed by atoms with E-state index in [1.807, 2.05) is 30.3 Å². The smallest absolute Gasteiger partial charge is 0.234 e. The molecule has 2 heterocycles. The summed E-state index contributed by atoms with van der Waals surface area (Å²) in [6, 6.07) is 13.4. The van der Waals surface area contributed by atoms with Gasteiger partial charge in [-0.05, 0) is 22.8 Å². The fourth-order valence-electron chi connectivity index (χ4n) is 2.30. The molecule has 0 saturated heterocycles. The minimum absolute atomic E-state index is 0.135. The van der Waals surface area contributed by atoms with E-state index in [1.54, 1.807) is 6.92 Å². The number of pyridine rings is 1. The molecule has 1 aromatic carbocycles. The molecular weight excluding hydrogens is 390 g/mol. The van der Waals surface area contributed by atoms with Crippen LogP contribution in [0.4, 0.5) is 5.82 Å². The van der Waals surface area contributed by atoms with Crippen molar-refractivity contribution in [2.45, 2.75) is 6.92 Å². The van der Waals surface area contributed by atoms with Crippen LogP contribution in [0.5, 0.6) is 5.88 Å². The molecule has 0 atom stereocenters. The van der Waals surface area contributed by atoms with E-state index in [4.69, 9.17) is 16.3 Å². The van der Waals surface area contributed by atoms with Gasteiger partial charge in [0.15, 0.2) is 15.6 Å². The van der Waals surface area contributed by atoms with Crippen LogP contribution < -0.4 is 9.41 Å². The Labute approximate surface area is 161 Å². The molecule has 0 unspecified atom stereocenters. The molecule has 9 heteroatoms. The zero-order valence-corrected chi connectivity index (χ0v) is 15.8. The van der Waals surface area contributed by atoms with Gasteiger partial charge in [-0.2, -0.15) is 19.9 Å². The van der Waals surface area contributed by atoms with Crippen molar-refractivity contribution in [2.24, 2.45) is 4.99 Å². The van der Waals surface area contributed by atoms with Crippen molar-refractivity contribution in [1.29, 1.82) is 10.5 Å². The zero-order chi connectivity index (χ0) is 18.5. The van der Waals surface area contributed by atoms with Crippen molar-refractivity contribution in [3.63, 3.8) is 0 Å². The molecular formula is C17H10ClN5OS2. The average Bonchev–Trinajstić information content (AvgIpc) is 3.07. The first-order valence-electron chi connectivity index (χ1n) is 7.42. The van der Waals surface area contributed by atoms with Crippen LogP contribution in [0.1, 0.15) is 18.1 Å². The molecule has 0 radical (unpaired) electrons. The van der Waals surface area contributed by atoms with E-state index in [2.05, 4.69) is 26.5 Å². The minimum atomic E-state index is 0.135. The van der Waals surface area contributed by atoms with Crippen molar-refractivity contribution >= 4 is 38.3 Å². The highest BCUT2D eigenvalue weighted by Gasteiger charge is 2.22. The van der Waals surface area contributed by atoms with Gasteiger partial charge in [-0.25, -0.2) is 4.99 Å². The second kappa shape index (κ2) is 8.07. The van der Waals surface area contributed by atoms with E-state index in [0.717, 1.165) is 0 Å². The van der Waals surface area contributed by atoms with E-state index < -0.39 is 0 Å². The van der Waals surface area contributed by atoms with Gasteiger partial charge >= 0.3 is 0 Å². The number of ether oxygens (including phenoxy) is 1. The second-order valence-corrected chi connectivity index (χ2v) is 7.04. The summed E-state index contributed by atoms with van der Waals surface area (Å²) in [5.41, 5.74) is 1.54. The molecule has 0 aliphatic carbocycles. The lowest BCUT2D eigenvalue weighted by molar-refractivity contribution is 0.326. The molecule has 0 aliphatic heterocycles. The third-order valence-corrected chi connectivity index (χ3v) is 5.50. The van der Waals surface area contributed by atoms with E-state index in [1.165, 1.54) is 20.9 Å². The van der Waals surface area contributed by atoms with Crippen LogP contribution in [-0.4, -0.2) is 16.0 Å². The zero-order valence-electron chi connectivity index (χ0n) is 13.4. The van der Waals surface area contributed by atoms with Gasteiger partial charge in [0, 0.05) is 16.1 Å². The maximum absolute atomic E-state index is 9.76. The second-order valence-electron chi connectivity index (χ2n) is 4.85. The standard InChI is InChI=1S/C17H10ClN5OS2/c1-2-24-16-12(9-20)13(10-6-4-3-5-7-10)11(8-19)15(21-16)22-17-14(18)23-26-25-17/h3-7H,2H2,1H3. The monoisotopic (exact) mass is 399 g/mol. The average molecular weight is 400 g/mol. The number of rotatable bonds is 4. The highest BCUT2D eigenvalue weighted by Crippen LogP contribution is 2.37. The Balaban J connectivity index is 2.40. The van der Waals surface area contributed by atoms with E-state index >= 15 is 0 Å². The van der Waals surface area contributed by atoms with Crippen LogP contribution in [0, 0.1) is 22.7 Å². The Kier molecular flexibility index (Phi) is 5.59. The van der Waals surface area contributed by atoms with E-state index in [-0.39, 0.29) is 28.0 Å². The predicted octanol–water partition coefficient (Wildman–Crippen LogP) is 4.29. The van der Waals surface area contributed by atoms with Crippen molar-refractivity contribution < 1.29 is 4.74 Å². The van der Waals surface area contributed by atoms with E-state index in [9.17, 15) is 10.5 Å². The molecule has 0 aliphatic rings. The highest BCUT2D eigenvalue weighted by molar-refractivity contribution is 7.66. The lowest BCUT2D eigenvalue weighted by atomic mass is 9.96. The molecule has 6 nitrogen and oxygen atoms in total. The summed E-state index contributed by atoms with van der Waals surface area (Å²) in [6.07, 6.45) is 0. The molecule has 128 valence electrons. The van der Waals surface area contributed by atoms with E-state index in [0.29, 0.717) is 22.4 Å². The van der Waals surface area contributed by atoms with Crippen molar-refractivity contribution in [3.05, 3.63) is 51.3 Å². The molecule has 0 saturated carbocycles. The predicted molar refractivity (Wildman–Crippen MR) is 100 cm³/mol. The van der Waals surface area contributed by atoms with Crippen LogP contribution in [-0.2, 0) is 0 Å². The lowest BCUT2D eigenvalue weighted by Gasteiger charge is -2.13. The number of halogens is 1. The lowest BCUT2D eigenvalue weighted by Crippen LogP contribution is -2.04. The fourth-order valence-corrected chi connectivity index (χ4v) is 4.27. The molecule has 3 aromatic rings. The maximum Gasteiger partial charge on any atom is 0.234 e. The molecule has 26 heavy (non-hydrogen) atoms. The van der Waals surface area contributed by atoms with Gasteiger partial charge in [0.1, 0.15) is 23.3 Å². The number of hydrogen-bond acceptors (Lipinski definition) is 8. The quantitative estimate of drug-likeness (QED) is 0.609. The Morgan fingerprint density at radius 2 is 1.92 bits per heavy atom. The molecule has 0 bridgehead atoms. The van der Waals surface area contributed by atoms with Gasteiger partial charge < -0.3 is 4.74 Å². The molecule has 3 rings (SSSR count). The third-order valence-electron chi connectivity index (χ3n) is 3.33. The van der Waals surface area contributed by atoms with Crippen LogP contribution in [0.15, 0.2) is 35.3 Å². The summed E-state index contributed by atoms with van der Waals surface area (Å²) in [5.74, 6) is 0.281. The first-order valence-corrected chi connectivity index (χ1v) is 9.90. The SMILES string of the molecule is CCOc1nc(N=c2ssnc2Cl)c(C#N)c(-c2ccccc2)c1C#N. The number of nitrogens with zero attached hydrogens (tertiary/aromatic N) is 5. The van der Waals surface area contributed by atoms with Crippen LogP contribution in [0.25, 0.3) is 11.1 Å². The maximum atomic E-state index is 9.76. The number of benzene rings is 1. The summed E-state index contributed by atoms with van der Waals surface area (Å²) < 4.78 is 9.96. The van der Waals surface area contributed by atoms with Gasteiger partial charge in [-0.3, -0.25) is 0 Å². The third kappa shape index (κ3) is 3.44. The molecule has 0 spiro atoms. The first kappa shape index (κ1) is 18.0. The number of hydrogen-bond donors (Lipinski definition) is 0. The van der Waals surface area contributed by atoms with Crippen molar-refractivity contribution in [2.75, 3.05) is 6.61 Å². The first-order chi connectivity index (χ1) is 12.7. The molecule has 0 fully saturated rings. The minimum Gasteiger partial charge on any atom is -0.477 e. The summed E-state index contributed by atoms with van der Waals surface area (Å²) in [6.45, 7) is 2.12. The molecule has 2 aromatic heterocycles. The van der Waals surface area contributed by atoms with Gasteiger partial charge in [0.25, 0.3) is 0 Å². The van der Waals surface area contributed by atoms with Gasteiger partial charge in [-0.15, -0.1) is 0 Å². The van der Waals surface area contributed by atoms with Gasteiger partial charge in [-0.1, -0.05) is 41.9 Å². The normalized spacial score (nSPS) is 11.0. The summed E-state index contributed by atoms with van der Waals surface area (Å²) in [7, 11) is 2.46. The van der Waals surface area contributed by atoms with Gasteiger partial charge in [0.05, 0.1) is 6.61 Å². The molecule has 0 N–H and O–H groups in total. The van der Waals surface area contributed by atoms with Crippen LogP contribution in [0.3, 0.4) is 0 Å². The summed E-state index contributed by atoms with van der Waals surface area (Å²) >= 11 is 6.02. The highest BCUT2D eigenvalue weighted by atomic mass is 35.5. The van der Waals surface area contributed by atoms with Gasteiger partial charge in [0.2, 0.25) is 5.88 Å². The van der Waals surface area contributed by atoms with Crippen LogP contribution in [0.2, 0.25) is 5.15 Å². The summed E-state index contributed by atoms with van der Waals surface area (Å²) in [4.78, 5) is 8.68.